The molecular weight excluding hydrogens is 329 g/mol. The van der Waals surface area contributed by atoms with Crippen molar-refractivity contribution in [1.29, 1.82) is 0 Å². The summed E-state index contributed by atoms with van der Waals surface area (Å²) in [4.78, 5) is 8.56. The predicted octanol–water partition coefficient (Wildman–Crippen LogP) is -0.0917. The Balaban J connectivity index is -0.00000000214. The Morgan fingerprint density at radius 3 is 1.43 bits per heavy atom. The Kier molecular flexibility index (Phi) is 51.4. The van der Waals surface area contributed by atoms with Crippen LogP contribution in [0.1, 0.15) is 5.71 Å². The third-order valence-corrected chi connectivity index (χ3v) is 0. The number of hydrogen-bond acceptors (Lipinski definition) is 1. The predicted molar refractivity (Wildman–Crippen MR) is 26.6 cm³/mol. The van der Waals surface area contributed by atoms with Gasteiger partial charge in [0.15, 0.2) is 0 Å². The van der Waals surface area contributed by atoms with Gasteiger partial charge in [0.1, 0.15) is 0 Å². The van der Waals surface area contributed by atoms with Gasteiger partial charge >= 0.3 is 92.8 Å². The van der Waals surface area contributed by atoms with Gasteiger partial charge in [-0.25, -0.2) is 4.79 Å². The van der Waals surface area contributed by atoms with Gasteiger partial charge in [0, 0.05) is 26.2 Å². The minimum Gasteiger partial charge on any atom is -1.00 e. The molecule has 0 bridgehead atoms. The Morgan fingerprint density at radius 2 is 1.43 bits per heavy atom. The molecule has 36 valence electrons. The SMILES string of the molecule is O=C(O)O.[Ba+2].[Ca+2].[H-].[H-].[H-].[H-].[Zr]. The van der Waals surface area contributed by atoms with Gasteiger partial charge < -0.3 is 15.9 Å². The van der Waals surface area contributed by atoms with Crippen LogP contribution in [0.5, 0.6) is 0 Å². The number of carbonyl (C=O) groups is 1. The van der Waals surface area contributed by atoms with E-state index in [1.165, 1.54) is 0 Å². The van der Waals surface area contributed by atoms with Crippen LogP contribution in [-0.4, -0.2) is 103 Å². The summed E-state index contributed by atoms with van der Waals surface area (Å²) in [6.45, 7) is 0. The van der Waals surface area contributed by atoms with Crippen molar-refractivity contribution >= 4 is 92.8 Å². The molecule has 0 aliphatic carbocycles. The van der Waals surface area contributed by atoms with Crippen LogP contribution in [0.15, 0.2) is 0 Å². The summed E-state index contributed by atoms with van der Waals surface area (Å²) in [6, 6.07) is 0. The zero-order valence-corrected chi connectivity index (χ0v) is 12.8. The van der Waals surface area contributed by atoms with Crippen molar-refractivity contribution in [3.8, 4) is 0 Å². The summed E-state index contributed by atoms with van der Waals surface area (Å²) in [5.41, 5.74) is 0. The van der Waals surface area contributed by atoms with Crippen molar-refractivity contribution in [2.45, 2.75) is 0 Å². The summed E-state index contributed by atoms with van der Waals surface area (Å²) in [5, 5.41) is 13.9. The molecule has 0 atom stereocenters. The summed E-state index contributed by atoms with van der Waals surface area (Å²) in [7, 11) is 0. The third kappa shape index (κ3) is 49.2. The average molecular weight is 335 g/mol. The molecular formula is CH6BaCaO3Zr. The molecule has 2 N–H and O–H groups in total. The van der Waals surface area contributed by atoms with Gasteiger partial charge in [-0.1, -0.05) is 0 Å². The molecule has 0 amide bonds. The molecule has 0 rings (SSSR count). The normalized spacial score (nSPS) is 3.43. The first-order chi connectivity index (χ1) is 1.73. The zero-order valence-electron chi connectivity index (χ0n) is 7.72. The van der Waals surface area contributed by atoms with Crippen LogP contribution in [0.4, 0.5) is 4.79 Å². The molecule has 6 heteroatoms. The minimum atomic E-state index is -1.83. The third-order valence-electron chi connectivity index (χ3n) is 0. The zero-order chi connectivity index (χ0) is 3.58. The topological polar surface area (TPSA) is 57.5 Å². The van der Waals surface area contributed by atoms with E-state index < -0.39 is 6.16 Å². The molecule has 0 aromatic rings. The molecule has 0 aromatic carbocycles. The fourth-order valence-electron chi connectivity index (χ4n) is 0. The maximum Gasteiger partial charge on any atom is 2.00 e. The molecule has 0 saturated heterocycles. The Hall–Kier alpha value is 2.98. The van der Waals surface area contributed by atoms with Gasteiger partial charge in [0.2, 0.25) is 0 Å². The fraction of sp³-hybridized carbons (Fsp3) is 0. The second kappa shape index (κ2) is 16.0. The number of carboxylic acid groups (broad SMARTS) is 2. The molecule has 0 saturated carbocycles. The van der Waals surface area contributed by atoms with E-state index in [-0.39, 0.29) is 119 Å². The van der Waals surface area contributed by atoms with Crippen LogP contribution < -0.4 is 0 Å². The van der Waals surface area contributed by atoms with Gasteiger partial charge in [-0.05, 0) is 0 Å². The van der Waals surface area contributed by atoms with E-state index in [9.17, 15) is 0 Å². The number of hydrogen-bond donors (Lipinski definition) is 2. The summed E-state index contributed by atoms with van der Waals surface area (Å²) < 4.78 is 0. The van der Waals surface area contributed by atoms with E-state index >= 15 is 0 Å². The first kappa shape index (κ1) is 22.5. The molecule has 3 nitrogen and oxygen atoms in total. The fourth-order valence-corrected chi connectivity index (χ4v) is 0. The van der Waals surface area contributed by atoms with Crippen LogP contribution in [0.25, 0.3) is 0 Å². The molecule has 7 heavy (non-hydrogen) atoms. The molecule has 0 heterocycles. The summed E-state index contributed by atoms with van der Waals surface area (Å²) >= 11 is 0. The van der Waals surface area contributed by atoms with E-state index in [4.69, 9.17) is 15.0 Å². The van der Waals surface area contributed by atoms with Crippen molar-refractivity contribution in [3.63, 3.8) is 0 Å². The van der Waals surface area contributed by atoms with E-state index in [0.717, 1.165) is 0 Å². The van der Waals surface area contributed by atoms with Gasteiger partial charge in [-0.3, -0.25) is 0 Å². The first-order valence-corrected chi connectivity index (χ1v) is 0.651. The molecule has 0 unspecified atom stereocenters. The van der Waals surface area contributed by atoms with Crippen LogP contribution in [-0.2, 0) is 26.2 Å². The summed E-state index contributed by atoms with van der Waals surface area (Å²) in [6.07, 6.45) is -1.83. The molecule has 0 spiro atoms. The van der Waals surface area contributed by atoms with Gasteiger partial charge in [0.05, 0.1) is 0 Å². The largest absolute Gasteiger partial charge is 2.00 e. The maximum absolute atomic E-state index is 8.56. The standard InChI is InChI=1S/CH2O3.Ba.Ca.Zr.4H/c2-1(3)4;;;;;;;/h(H2,2,3,4);;;;;;;/q;2*+2;;4*-1. The average Bonchev–Trinajstić information content (AvgIpc) is 0.811. The van der Waals surface area contributed by atoms with Crippen LogP contribution in [0, 0.1) is 0 Å². The van der Waals surface area contributed by atoms with Crippen molar-refractivity contribution in [2.24, 2.45) is 0 Å². The second-order valence-electron chi connectivity index (χ2n) is 0.283. The monoisotopic (exact) mass is 334 g/mol. The summed E-state index contributed by atoms with van der Waals surface area (Å²) in [5.74, 6) is 0. The van der Waals surface area contributed by atoms with Crippen molar-refractivity contribution < 1.29 is 46.9 Å². The smallest absolute Gasteiger partial charge is 1.00 e. The Morgan fingerprint density at radius 1 is 1.43 bits per heavy atom. The van der Waals surface area contributed by atoms with Gasteiger partial charge in [-0.2, -0.15) is 0 Å². The first-order valence-electron chi connectivity index (χ1n) is 0.651. The van der Waals surface area contributed by atoms with Crippen molar-refractivity contribution in [1.82, 2.24) is 0 Å². The second-order valence-corrected chi connectivity index (χ2v) is 0.283. The van der Waals surface area contributed by atoms with E-state index in [1.807, 2.05) is 0 Å². The van der Waals surface area contributed by atoms with Gasteiger partial charge in [-0.15, -0.1) is 0 Å². The molecule has 0 fully saturated rings. The Bertz CT molecular complexity index is 48.3. The van der Waals surface area contributed by atoms with Gasteiger partial charge in [0.25, 0.3) is 0 Å². The maximum atomic E-state index is 8.56. The molecule has 0 radical (unpaired) electrons. The molecule has 0 aliphatic heterocycles. The van der Waals surface area contributed by atoms with Crippen molar-refractivity contribution in [3.05, 3.63) is 0 Å². The quantitative estimate of drug-likeness (QED) is 0.609. The molecule has 0 aromatic heterocycles. The van der Waals surface area contributed by atoms with E-state index in [2.05, 4.69) is 0 Å². The van der Waals surface area contributed by atoms with E-state index in [0.29, 0.717) is 0 Å². The van der Waals surface area contributed by atoms with E-state index in [1.54, 1.807) is 0 Å². The Labute approximate surface area is 136 Å². The minimum absolute atomic E-state index is 0. The van der Waals surface area contributed by atoms with Crippen molar-refractivity contribution in [2.75, 3.05) is 0 Å². The van der Waals surface area contributed by atoms with Crippen LogP contribution >= 0.6 is 0 Å². The van der Waals surface area contributed by atoms with Crippen LogP contribution in [0.3, 0.4) is 0 Å². The number of rotatable bonds is 0. The molecule has 0 aliphatic rings. The van der Waals surface area contributed by atoms with Crippen LogP contribution in [0.2, 0.25) is 0 Å².